The molecule has 0 aliphatic heterocycles. The highest BCUT2D eigenvalue weighted by atomic mass is 16.5. The second-order valence-corrected chi connectivity index (χ2v) is 11.4. The molecule has 4 saturated carbocycles. The van der Waals surface area contributed by atoms with Crippen molar-refractivity contribution in [3.8, 4) is 0 Å². The van der Waals surface area contributed by atoms with Gasteiger partial charge >= 0.3 is 5.97 Å². The zero-order valence-electron chi connectivity index (χ0n) is 22.0. The van der Waals surface area contributed by atoms with E-state index in [0.717, 1.165) is 24.7 Å². The molecule has 0 radical (unpaired) electrons. The number of esters is 1. The Balaban J connectivity index is 0.000000860. The van der Waals surface area contributed by atoms with E-state index in [-0.39, 0.29) is 12.1 Å². The summed E-state index contributed by atoms with van der Waals surface area (Å²) in [6, 6.07) is 0. The number of hydrogen-bond donors (Lipinski definition) is 1. The predicted octanol–water partition coefficient (Wildman–Crippen LogP) is 7.42. The summed E-state index contributed by atoms with van der Waals surface area (Å²) in [5.41, 5.74) is 0.813. The van der Waals surface area contributed by atoms with E-state index in [2.05, 4.69) is 33.9 Å². The van der Waals surface area contributed by atoms with Crippen LogP contribution in [0.3, 0.4) is 0 Å². The molecule has 1 N–H and O–H groups in total. The molecule has 9 atom stereocenters. The first-order valence-corrected chi connectivity index (χ1v) is 13.6. The molecule has 0 spiro atoms. The fraction of sp³-hybridized carbons (Fsp3) is 0.897. The highest BCUT2D eigenvalue weighted by Gasteiger charge is 2.62. The fourth-order valence-electron chi connectivity index (χ4n) is 8.88. The average Bonchev–Trinajstić information content (AvgIpc) is 3.17. The summed E-state index contributed by atoms with van der Waals surface area (Å²) in [5.74, 6) is 3.83. The normalized spacial score (nSPS) is 43.1. The minimum Gasteiger partial charge on any atom is -0.469 e. The number of fused-ring (bicyclic) bond motifs is 5. The van der Waals surface area contributed by atoms with Crippen molar-refractivity contribution >= 4 is 5.97 Å². The Hall–Kier alpha value is -0.830. The van der Waals surface area contributed by atoms with Crippen LogP contribution in [0.2, 0.25) is 0 Å². The number of aliphatic hydroxyl groups is 1. The zero-order valence-corrected chi connectivity index (χ0v) is 22.0. The predicted molar refractivity (Wildman–Crippen MR) is 134 cm³/mol. The summed E-state index contributed by atoms with van der Waals surface area (Å²) in [5, 5.41) is 11.3. The van der Waals surface area contributed by atoms with Gasteiger partial charge in [0.15, 0.2) is 0 Å². The Morgan fingerprint density at radius 2 is 1.69 bits per heavy atom. The van der Waals surface area contributed by atoms with Gasteiger partial charge in [-0.05, 0) is 97.7 Å². The van der Waals surface area contributed by atoms with Crippen LogP contribution in [-0.2, 0) is 9.53 Å². The number of methoxy groups -OCH3 is 1. The van der Waals surface area contributed by atoms with Gasteiger partial charge in [-0.15, -0.1) is 13.2 Å². The first kappa shape index (κ1) is 27.4. The van der Waals surface area contributed by atoms with Gasteiger partial charge < -0.3 is 9.84 Å². The summed E-state index contributed by atoms with van der Waals surface area (Å²) < 4.78 is 4.87. The number of carbonyl (C=O) groups is 1. The van der Waals surface area contributed by atoms with Gasteiger partial charge in [0.1, 0.15) is 0 Å². The van der Waals surface area contributed by atoms with Crippen molar-refractivity contribution in [1.82, 2.24) is 0 Å². The van der Waals surface area contributed by atoms with Gasteiger partial charge in [0.05, 0.1) is 13.2 Å². The smallest absolute Gasteiger partial charge is 0.305 e. The minimum absolute atomic E-state index is 0.0748. The van der Waals surface area contributed by atoms with Crippen LogP contribution in [0.1, 0.15) is 105 Å². The standard InChI is InChI=1S/C25H42O3.C2H6.C2H4/c1-16(8-11-22(27)28-4)18-9-10-19-23-20(12-14-25(18,19)3)24(2)13-6-5-7-17(24)15-21(23)26;2*1-2/h16-21,23,26H,5-15H2,1-4H3;1-2H3;1-2H2/t16-,17?,18?,19?,20?,21?,23?,24?,25?;;/m1../s1. The van der Waals surface area contributed by atoms with Crippen molar-refractivity contribution in [1.29, 1.82) is 0 Å². The molecule has 3 heteroatoms. The van der Waals surface area contributed by atoms with Gasteiger partial charge in [-0.1, -0.05) is 47.5 Å². The van der Waals surface area contributed by atoms with Crippen LogP contribution in [0, 0.1) is 46.3 Å². The van der Waals surface area contributed by atoms with Gasteiger partial charge in [0.25, 0.3) is 0 Å². The average molecular weight is 449 g/mol. The summed E-state index contributed by atoms with van der Waals surface area (Å²) >= 11 is 0. The second-order valence-electron chi connectivity index (χ2n) is 11.4. The van der Waals surface area contributed by atoms with E-state index < -0.39 is 0 Å². The molecule has 8 unspecified atom stereocenters. The molecule has 0 aromatic heterocycles. The van der Waals surface area contributed by atoms with Crippen molar-refractivity contribution < 1.29 is 14.6 Å². The molecule has 32 heavy (non-hydrogen) atoms. The Bertz CT molecular complexity index is 603. The molecule has 4 fully saturated rings. The van der Waals surface area contributed by atoms with Crippen molar-refractivity contribution in [3.05, 3.63) is 13.2 Å². The molecule has 4 rings (SSSR count). The number of aliphatic hydroxyl groups excluding tert-OH is 1. The third kappa shape index (κ3) is 4.84. The summed E-state index contributed by atoms with van der Waals surface area (Å²) in [7, 11) is 1.49. The van der Waals surface area contributed by atoms with Gasteiger partial charge in [-0.25, -0.2) is 0 Å². The van der Waals surface area contributed by atoms with Crippen molar-refractivity contribution in [3.63, 3.8) is 0 Å². The first-order valence-electron chi connectivity index (χ1n) is 13.6. The lowest BCUT2D eigenvalue weighted by Crippen LogP contribution is -2.57. The topological polar surface area (TPSA) is 46.5 Å². The molecule has 0 aromatic carbocycles. The van der Waals surface area contributed by atoms with Crippen LogP contribution in [0.25, 0.3) is 0 Å². The fourth-order valence-corrected chi connectivity index (χ4v) is 8.88. The van der Waals surface area contributed by atoms with Crippen molar-refractivity contribution in [2.75, 3.05) is 7.11 Å². The molecule has 3 nitrogen and oxygen atoms in total. The molecule has 186 valence electrons. The maximum absolute atomic E-state index is 11.6. The maximum Gasteiger partial charge on any atom is 0.305 e. The van der Waals surface area contributed by atoms with E-state index in [1.807, 2.05) is 13.8 Å². The van der Waals surface area contributed by atoms with Crippen molar-refractivity contribution in [2.24, 2.45) is 46.3 Å². The molecule has 0 bridgehead atoms. The zero-order chi connectivity index (χ0) is 24.1. The van der Waals surface area contributed by atoms with E-state index in [1.54, 1.807) is 0 Å². The van der Waals surface area contributed by atoms with Gasteiger partial charge in [0, 0.05) is 6.42 Å². The summed E-state index contributed by atoms with van der Waals surface area (Å²) in [6.07, 6.45) is 13.1. The molecule has 4 aliphatic carbocycles. The summed E-state index contributed by atoms with van der Waals surface area (Å²) in [6.45, 7) is 17.5. The van der Waals surface area contributed by atoms with E-state index in [1.165, 1.54) is 58.5 Å². The largest absolute Gasteiger partial charge is 0.469 e. The van der Waals surface area contributed by atoms with E-state index in [4.69, 9.17) is 4.74 Å². The van der Waals surface area contributed by atoms with Gasteiger partial charge in [0.2, 0.25) is 0 Å². The Kier molecular flexibility index (Phi) is 9.88. The monoisotopic (exact) mass is 448 g/mol. The lowest BCUT2D eigenvalue weighted by Gasteiger charge is -2.62. The minimum atomic E-state index is -0.0880. The van der Waals surface area contributed by atoms with E-state index >= 15 is 0 Å². The SMILES string of the molecule is C=C.CC.COC(=O)CC[C@@H](C)C1CCC2C3C(O)CC4CCCCC4(C)C3CCC21C. The highest BCUT2D eigenvalue weighted by Crippen LogP contribution is 2.68. The molecule has 0 aromatic rings. The van der Waals surface area contributed by atoms with Crippen LogP contribution in [0.5, 0.6) is 0 Å². The third-order valence-corrected chi connectivity index (χ3v) is 10.4. The van der Waals surface area contributed by atoms with E-state index in [9.17, 15) is 9.90 Å². The first-order chi connectivity index (χ1) is 15.3. The van der Waals surface area contributed by atoms with Crippen LogP contribution < -0.4 is 0 Å². The highest BCUT2D eigenvalue weighted by molar-refractivity contribution is 5.69. The summed E-state index contributed by atoms with van der Waals surface area (Å²) in [4.78, 5) is 11.6. The quantitative estimate of drug-likeness (QED) is 0.359. The van der Waals surface area contributed by atoms with Crippen LogP contribution >= 0.6 is 0 Å². The van der Waals surface area contributed by atoms with Crippen LogP contribution in [0.4, 0.5) is 0 Å². The third-order valence-electron chi connectivity index (χ3n) is 10.4. The molecule has 0 amide bonds. The molecular weight excluding hydrogens is 396 g/mol. The van der Waals surface area contributed by atoms with Gasteiger partial charge in [-0.2, -0.15) is 0 Å². The molecule has 4 aliphatic rings. The Morgan fingerprint density at radius 3 is 2.34 bits per heavy atom. The number of hydrogen-bond acceptors (Lipinski definition) is 3. The maximum atomic E-state index is 11.6. The Morgan fingerprint density at radius 1 is 1.03 bits per heavy atom. The number of rotatable bonds is 4. The second kappa shape index (κ2) is 11.5. The van der Waals surface area contributed by atoms with E-state index in [0.29, 0.717) is 40.9 Å². The molecular formula is C29H52O3. The number of carbonyl (C=O) groups excluding carboxylic acids is 1. The molecule has 0 saturated heterocycles. The van der Waals surface area contributed by atoms with Crippen molar-refractivity contribution in [2.45, 2.75) is 111 Å². The lowest BCUT2D eigenvalue weighted by molar-refractivity contribution is -0.164. The Labute approximate surface area is 198 Å². The lowest BCUT2D eigenvalue weighted by atomic mass is 9.44. The van der Waals surface area contributed by atoms with Crippen LogP contribution in [-0.4, -0.2) is 24.3 Å². The van der Waals surface area contributed by atoms with Gasteiger partial charge in [-0.3, -0.25) is 4.79 Å². The molecule has 0 heterocycles. The number of ether oxygens (including phenoxy) is 1. The van der Waals surface area contributed by atoms with Crippen LogP contribution in [0.15, 0.2) is 13.2 Å².